The monoisotopic (exact) mass is 382 g/mol. The van der Waals surface area contributed by atoms with Crippen molar-refractivity contribution >= 4 is 6.08 Å². The lowest BCUT2D eigenvalue weighted by Gasteiger charge is -2.35. The minimum absolute atomic E-state index is 0.784. The number of allylic oxidation sites excluding steroid dienone is 1. The van der Waals surface area contributed by atoms with Crippen LogP contribution in [0.3, 0.4) is 0 Å². The summed E-state index contributed by atoms with van der Waals surface area (Å²) in [7, 11) is 2.04. The zero-order valence-electron chi connectivity index (χ0n) is 18.0. The molecule has 1 unspecified atom stereocenters. The largest absolute Gasteiger partial charge is 0.375 e. The Labute approximate surface area is 171 Å². The third kappa shape index (κ3) is 9.05. The predicted molar refractivity (Wildman–Crippen MR) is 122 cm³/mol. The molecule has 0 bridgehead atoms. The van der Waals surface area contributed by atoms with Crippen LogP contribution in [0, 0.1) is 5.92 Å². The first-order valence-corrected chi connectivity index (χ1v) is 10.5. The van der Waals surface area contributed by atoms with Gasteiger partial charge in [-0.25, -0.2) is 0 Å². The summed E-state index contributed by atoms with van der Waals surface area (Å²) in [6, 6.07) is 10.7. The normalized spacial score (nSPS) is 15.5. The molecule has 0 aliphatic carbocycles. The van der Waals surface area contributed by atoms with E-state index in [1.54, 1.807) is 18.5 Å². The number of likely N-dealkylation sites (tertiary alicyclic amines) is 1. The predicted octanol–water partition coefficient (Wildman–Crippen LogP) is 5.14. The second kappa shape index (κ2) is 14.7. The summed E-state index contributed by atoms with van der Waals surface area (Å²) in [6.07, 6.45) is 10.1. The van der Waals surface area contributed by atoms with Gasteiger partial charge in [-0.15, -0.1) is 0 Å². The molecule has 0 amide bonds. The van der Waals surface area contributed by atoms with Crippen LogP contribution in [-0.4, -0.2) is 41.8 Å². The van der Waals surface area contributed by atoms with Crippen molar-refractivity contribution in [3.05, 3.63) is 72.7 Å². The van der Waals surface area contributed by atoms with Crippen LogP contribution < -0.4 is 5.32 Å². The molecule has 154 valence electrons. The number of H-pyrrole nitrogens is 1. The van der Waals surface area contributed by atoms with Crippen LogP contribution >= 0.6 is 0 Å². The molecular weight excluding hydrogens is 344 g/mol. The Bertz CT molecular complexity index is 632. The summed E-state index contributed by atoms with van der Waals surface area (Å²) in [5, 5.41) is 9.65. The Balaban J connectivity index is 0.000000363. The summed E-state index contributed by atoms with van der Waals surface area (Å²) in [5.41, 5.74) is 3.75. The van der Waals surface area contributed by atoms with Gasteiger partial charge in [0.2, 0.25) is 0 Å². The molecule has 2 aromatic rings. The highest BCUT2D eigenvalue weighted by Gasteiger charge is 2.19. The minimum atomic E-state index is 0.784. The minimum Gasteiger partial charge on any atom is -0.375 e. The second-order valence-corrected chi connectivity index (χ2v) is 6.80. The van der Waals surface area contributed by atoms with E-state index in [-0.39, 0.29) is 0 Å². The van der Waals surface area contributed by atoms with Crippen molar-refractivity contribution < 1.29 is 0 Å². The van der Waals surface area contributed by atoms with Crippen LogP contribution in [0.25, 0.3) is 6.08 Å². The van der Waals surface area contributed by atoms with Crippen LogP contribution in [0.1, 0.15) is 44.2 Å². The molecule has 1 saturated heterocycles. The van der Waals surface area contributed by atoms with E-state index in [1.807, 2.05) is 20.9 Å². The van der Waals surface area contributed by atoms with Gasteiger partial charge in [-0.05, 0) is 50.8 Å². The van der Waals surface area contributed by atoms with Crippen molar-refractivity contribution in [1.29, 1.82) is 0 Å². The maximum absolute atomic E-state index is 4.29. The molecule has 1 aromatic heterocycles. The average Bonchev–Trinajstić information content (AvgIpc) is 3.29. The topological polar surface area (TPSA) is 44.0 Å². The fraction of sp³-hybridized carbons (Fsp3) is 0.458. The van der Waals surface area contributed by atoms with Gasteiger partial charge in [0.05, 0.1) is 6.20 Å². The van der Waals surface area contributed by atoms with Crippen LogP contribution in [0.2, 0.25) is 0 Å². The standard InChI is InChI=1S/C17H26N2.C5H6N2.C2H6/c1-15(10-11-16-7-4-3-5-8-16)19-12-6-9-17(14-19)13-18-2;1-2-5-3-6-7-4-5;1-2/h3-5,7-8,17-18H,1,6,9-14H2,2H3;2-4H,1H2,(H,6,7);1-2H3. The third-order valence-corrected chi connectivity index (χ3v) is 4.76. The molecule has 1 aromatic carbocycles. The van der Waals surface area contributed by atoms with Gasteiger partial charge in [0.1, 0.15) is 0 Å². The lowest BCUT2D eigenvalue weighted by atomic mass is 9.97. The number of aromatic nitrogens is 2. The molecule has 4 nitrogen and oxygen atoms in total. The smallest absolute Gasteiger partial charge is 0.0559 e. The number of nitrogens with zero attached hydrogens (tertiary/aromatic N) is 2. The number of hydrogen-bond acceptors (Lipinski definition) is 3. The van der Waals surface area contributed by atoms with Crippen LogP contribution in [0.5, 0.6) is 0 Å². The molecule has 1 aliphatic heterocycles. The van der Waals surface area contributed by atoms with E-state index in [4.69, 9.17) is 0 Å². The maximum atomic E-state index is 4.29. The molecule has 3 rings (SSSR count). The fourth-order valence-corrected chi connectivity index (χ4v) is 3.27. The van der Waals surface area contributed by atoms with Crippen molar-refractivity contribution in [2.75, 3.05) is 26.7 Å². The van der Waals surface area contributed by atoms with Crippen molar-refractivity contribution in [2.45, 2.75) is 39.5 Å². The number of nitrogens with one attached hydrogen (secondary N) is 2. The highest BCUT2D eigenvalue weighted by atomic mass is 15.1. The van der Waals surface area contributed by atoms with E-state index in [1.165, 1.54) is 37.2 Å². The van der Waals surface area contributed by atoms with Crippen molar-refractivity contribution in [3.63, 3.8) is 0 Å². The first-order chi connectivity index (χ1) is 13.7. The summed E-state index contributed by atoms with van der Waals surface area (Å²) >= 11 is 0. The Hall–Kier alpha value is -2.33. The van der Waals surface area contributed by atoms with E-state index >= 15 is 0 Å². The van der Waals surface area contributed by atoms with Gasteiger partial charge in [-0.1, -0.05) is 63.4 Å². The van der Waals surface area contributed by atoms with Gasteiger partial charge < -0.3 is 10.2 Å². The molecule has 2 heterocycles. The lowest BCUT2D eigenvalue weighted by Crippen LogP contribution is -2.38. The van der Waals surface area contributed by atoms with Gasteiger partial charge in [-0.2, -0.15) is 5.10 Å². The number of benzene rings is 1. The Morgan fingerprint density at radius 1 is 1.32 bits per heavy atom. The first kappa shape index (κ1) is 23.7. The highest BCUT2D eigenvalue weighted by molar-refractivity contribution is 5.42. The van der Waals surface area contributed by atoms with Gasteiger partial charge in [-0.3, -0.25) is 5.10 Å². The quantitative estimate of drug-likeness (QED) is 0.696. The summed E-state index contributed by atoms with van der Waals surface area (Å²) in [6.45, 7) is 15.3. The molecule has 4 heteroatoms. The molecule has 1 atom stereocenters. The second-order valence-electron chi connectivity index (χ2n) is 6.80. The first-order valence-electron chi connectivity index (χ1n) is 10.5. The number of rotatable bonds is 7. The molecule has 1 aliphatic rings. The van der Waals surface area contributed by atoms with Gasteiger partial charge in [0.15, 0.2) is 0 Å². The summed E-state index contributed by atoms with van der Waals surface area (Å²) in [4.78, 5) is 2.49. The molecule has 0 spiro atoms. The number of piperidine rings is 1. The van der Waals surface area contributed by atoms with E-state index in [0.717, 1.165) is 30.9 Å². The third-order valence-electron chi connectivity index (χ3n) is 4.76. The van der Waals surface area contributed by atoms with Crippen LogP contribution in [-0.2, 0) is 6.42 Å². The van der Waals surface area contributed by atoms with Crippen LogP contribution in [0.4, 0.5) is 0 Å². The summed E-state index contributed by atoms with van der Waals surface area (Å²) in [5.74, 6) is 0.784. The van der Waals surface area contributed by atoms with Gasteiger partial charge in [0, 0.05) is 30.5 Å². The summed E-state index contributed by atoms with van der Waals surface area (Å²) < 4.78 is 0. The van der Waals surface area contributed by atoms with Gasteiger partial charge in [0.25, 0.3) is 0 Å². The van der Waals surface area contributed by atoms with Crippen molar-refractivity contribution in [1.82, 2.24) is 20.4 Å². The van der Waals surface area contributed by atoms with E-state index in [0.29, 0.717) is 0 Å². The average molecular weight is 383 g/mol. The van der Waals surface area contributed by atoms with E-state index in [2.05, 4.69) is 63.9 Å². The maximum Gasteiger partial charge on any atom is 0.0559 e. The highest BCUT2D eigenvalue weighted by Crippen LogP contribution is 2.21. The molecular formula is C24H38N4. The zero-order valence-corrected chi connectivity index (χ0v) is 18.0. The SMILES string of the molecule is C=C(CCc1ccccc1)N1CCCC(CNC)C1.C=Cc1cn[nH]c1.CC. The zero-order chi connectivity index (χ0) is 20.6. The Kier molecular flexibility index (Phi) is 12.4. The van der Waals surface area contributed by atoms with Crippen molar-refractivity contribution in [2.24, 2.45) is 5.92 Å². The molecule has 2 N–H and O–H groups in total. The van der Waals surface area contributed by atoms with Crippen LogP contribution in [0.15, 0.2) is 61.6 Å². The van der Waals surface area contributed by atoms with E-state index < -0.39 is 0 Å². The molecule has 0 radical (unpaired) electrons. The lowest BCUT2D eigenvalue weighted by molar-refractivity contribution is 0.211. The molecule has 28 heavy (non-hydrogen) atoms. The Morgan fingerprint density at radius 2 is 2.07 bits per heavy atom. The number of aryl methyl sites for hydroxylation is 1. The molecule has 0 saturated carbocycles. The number of hydrogen-bond donors (Lipinski definition) is 2. The van der Waals surface area contributed by atoms with E-state index in [9.17, 15) is 0 Å². The number of aromatic amines is 1. The Morgan fingerprint density at radius 3 is 2.64 bits per heavy atom. The van der Waals surface area contributed by atoms with Gasteiger partial charge >= 0.3 is 0 Å². The molecule has 1 fully saturated rings. The van der Waals surface area contributed by atoms with Crippen molar-refractivity contribution in [3.8, 4) is 0 Å². The fourth-order valence-electron chi connectivity index (χ4n) is 3.27.